The van der Waals surface area contributed by atoms with Crippen LogP contribution in [-0.4, -0.2) is 45.7 Å². The number of carboxylic acid groups (broad SMARTS) is 1. The molecule has 1 rings (SSSR count). The zero-order valence-corrected chi connectivity index (χ0v) is 16.0. The van der Waals surface area contributed by atoms with Crippen molar-refractivity contribution >= 4 is 18.0 Å². The van der Waals surface area contributed by atoms with Crippen molar-refractivity contribution in [3.8, 4) is 0 Å². The Hall–Kier alpha value is -2.57. The van der Waals surface area contributed by atoms with E-state index in [1.807, 2.05) is 30.3 Å². The summed E-state index contributed by atoms with van der Waals surface area (Å²) in [7, 11) is 0. The molecule has 2 unspecified atom stereocenters. The van der Waals surface area contributed by atoms with Crippen LogP contribution in [0.3, 0.4) is 0 Å². The Balaban J connectivity index is 2.95. The molecule has 0 bridgehead atoms. The summed E-state index contributed by atoms with van der Waals surface area (Å²) in [4.78, 5) is 37.6. The largest absolute Gasteiger partial charge is 0.480 e. The lowest BCUT2D eigenvalue weighted by Gasteiger charge is -2.31. The van der Waals surface area contributed by atoms with Crippen LogP contribution in [-0.2, 0) is 20.9 Å². The van der Waals surface area contributed by atoms with Gasteiger partial charge in [-0.25, -0.2) is 9.59 Å². The van der Waals surface area contributed by atoms with Crippen LogP contribution in [0.5, 0.6) is 0 Å². The Morgan fingerprint density at radius 1 is 1.19 bits per heavy atom. The number of alkyl carbamates (subject to hydrolysis) is 1. The summed E-state index contributed by atoms with van der Waals surface area (Å²) in [6.07, 6.45) is -0.464. The first-order chi connectivity index (χ1) is 12.0. The van der Waals surface area contributed by atoms with Crippen molar-refractivity contribution in [1.29, 1.82) is 0 Å². The molecule has 2 N–H and O–H groups in total. The molecule has 0 aliphatic carbocycles. The van der Waals surface area contributed by atoms with Crippen LogP contribution in [0.2, 0.25) is 0 Å². The third-order valence-electron chi connectivity index (χ3n) is 3.63. The second-order valence-electron chi connectivity index (χ2n) is 7.08. The first kappa shape index (κ1) is 21.5. The molecule has 1 aromatic rings. The Kier molecular flexibility index (Phi) is 7.61. The minimum atomic E-state index is -1.08. The maximum absolute atomic E-state index is 12.8. The molecular weight excluding hydrogens is 336 g/mol. The van der Waals surface area contributed by atoms with E-state index in [-0.39, 0.29) is 13.0 Å². The highest BCUT2D eigenvalue weighted by Crippen LogP contribution is 2.14. The molecule has 0 radical (unpaired) electrons. The number of carbonyl (C=O) groups is 3. The summed E-state index contributed by atoms with van der Waals surface area (Å²) in [6.45, 7) is 8.52. The van der Waals surface area contributed by atoms with Crippen molar-refractivity contribution < 1.29 is 24.2 Å². The van der Waals surface area contributed by atoms with Gasteiger partial charge in [-0.05, 0) is 39.7 Å². The van der Waals surface area contributed by atoms with E-state index in [9.17, 15) is 19.5 Å². The molecule has 7 nitrogen and oxygen atoms in total. The van der Waals surface area contributed by atoms with Gasteiger partial charge in [0.2, 0.25) is 5.91 Å². The Bertz CT molecular complexity index is 625. The zero-order valence-electron chi connectivity index (χ0n) is 16.0. The van der Waals surface area contributed by atoms with Crippen LogP contribution in [0, 0.1) is 0 Å². The molecule has 2 atom stereocenters. The summed E-state index contributed by atoms with van der Waals surface area (Å²) in [5.41, 5.74) is 0.119. The molecule has 0 fully saturated rings. The van der Waals surface area contributed by atoms with E-state index < -0.39 is 35.7 Å². The first-order valence-electron chi connectivity index (χ1n) is 8.62. The van der Waals surface area contributed by atoms with E-state index in [1.165, 1.54) is 11.8 Å². The van der Waals surface area contributed by atoms with Gasteiger partial charge in [0.25, 0.3) is 0 Å². The van der Waals surface area contributed by atoms with E-state index >= 15 is 0 Å². The van der Waals surface area contributed by atoms with Gasteiger partial charge in [0.15, 0.2) is 0 Å². The lowest BCUT2D eigenvalue weighted by molar-refractivity contribution is -0.151. The van der Waals surface area contributed by atoms with E-state index in [0.717, 1.165) is 5.56 Å². The summed E-state index contributed by atoms with van der Waals surface area (Å²) in [5, 5.41) is 12.0. The molecule has 0 aromatic heterocycles. The van der Waals surface area contributed by atoms with Crippen molar-refractivity contribution in [3.05, 3.63) is 35.9 Å². The predicted molar refractivity (Wildman–Crippen MR) is 97.5 cm³/mol. The number of carboxylic acids is 1. The number of carbonyl (C=O) groups excluding carboxylic acids is 2. The highest BCUT2D eigenvalue weighted by Gasteiger charge is 2.32. The lowest BCUT2D eigenvalue weighted by atomic mass is 10.1. The number of ether oxygens (including phenoxy) is 1. The van der Waals surface area contributed by atoms with E-state index in [1.54, 1.807) is 27.7 Å². The fourth-order valence-corrected chi connectivity index (χ4v) is 2.44. The number of hydrogen-bond donors (Lipinski definition) is 2. The second kappa shape index (κ2) is 9.22. The highest BCUT2D eigenvalue weighted by molar-refractivity contribution is 5.89. The molecule has 0 saturated heterocycles. The molecule has 144 valence electrons. The van der Waals surface area contributed by atoms with Crippen molar-refractivity contribution in [2.45, 2.75) is 65.3 Å². The standard InChI is InChI=1S/C19H28N2O5/c1-6-15(17(23)24)21(12-14-10-8-7-9-11-14)16(22)13(2)20-18(25)26-19(3,4)5/h7-11,13,15H,6,12H2,1-5H3,(H,20,25)(H,23,24). The molecule has 7 heteroatoms. The fourth-order valence-electron chi connectivity index (χ4n) is 2.44. The Morgan fingerprint density at radius 3 is 2.23 bits per heavy atom. The van der Waals surface area contributed by atoms with Crippen LogP contribution in [0.4, 0.5) is 4.79 Å². The van der Waals surface area contributed by atoms with Crippen molar-refractivity contribution in [2.75, 3.05) is 0 Å². The summed E-state index contributed by atoms with van der Waals surface area (Å²) in [6, 6.07) is 7.23. The maximum atomic E-state index is 12.8. The van der Waals surface area contributed by atoms with Gasteiger partial charge in [0.05, 0.1) is 0 Å². The number of nitrogens with one attached hydrogen (secondary N) is 1. The minimum Gasteiger partial charge on any atom is -0.480 e. The summed E-state index contributed by atoms with van der Waals surface area (Å²) in [5.74, 6) is -1.56. The topological polar surface area (TPSA) is 95.9 Å². The van der Waals surface area contributed by atoms with Gasteiger partial charge >= 0.3 is 12.1 Å². The number of benzene rings is 1. The molecule has 0 aliphatic heterocycles. The van der Waals surface area contributed by atoms with Crippen molar-refractivity contribution in [3.63, 3.8) is 0 Å². The molecule has 0 spiro atoms. The zero-order chi connectivity index (χ0) is 19.9. The molecule has 0 heterocycles. The molecule has 2 amide bonds. The second-order valence-corrected chi connectivity index (χ2v) is 7.08. The number of amides is 2. The SMILES string of the molecule is CCC(C(=O)O)N(Cc1ccccc1)C(=O)C(C)NC(=O)OC(C)(C)C. The normalized spacial score (nSPS) is 13.4. The number of nitrogens with zero attached hydrogens (tertiary/aromatic N) is 1. The number of hydrogen-bond acceptors (Lipinski definition) is 4. The van der Waals surface area contributed by atoms with Crippen LogP contribution < -0.4 is 5.32 Å². The van der Waals surface area contributed by atoms with Gasteiger partial charge in [-0.3, -0.25) is 4.79 Å². The van der Waals surface area contributed by atoms with Crippen LogP contribution in [0.25, 0.3) is 0 Å². The first-order valence-corrected chi connectivity index (χ1v) is 8.62. The average molecular weight is 364 g/mol. The lowest BCUT2D eigenvalue weighted by Crippen LogP contribution is -2.52. The van der Waals surface area contributed by atoms with E-state index in [4.69, 9.17) is 4.74 Å². The molecule has 1 aromatic carbocycles. The molecule has 0 saturated carbocycles. The van der Waals surface area contributed by atoms with Gasteiger partial charge < -0.3 is 20.1 Å². The monoisotopic (exact) mass is 364 g/mol. The third kappa shape index (κ3) is 6.74. The fraction of sp³-hybridized carbons (Fsp3) is 0.526. The number of rotatable bonds is 7. The summed E-state index contributed by atoms with van der Waals surface area (Å²) < 4.78 is 5.15. The van der Waals surface area contributed by atoms with Gasteiger partial charge in [-0.2, -0.15) is 0 Å². The molecular formula is C19H28N2O5. The van der Waals surface area contributed by atoms with E-state index in [2.05, 4.69) is 5.32 Å². The van der Waals surface area contributed by atoms with Gasteiger partial charge in [0.1, 0.15) is 17.7 Å². The predicted octanol–water partition coefficient (Wildman–Crippen LogP) is 2.79. The van der Waals surface area contributed by atoms with Crippen LogP contribution in [0.15, 0.2) is 30.3 Å². The minimum absolute atomic E-state index is 0.144. The van der Waals surface area contributed by atoms with Gasteiger partial charge in [0, 0.05) is 6.54 Å². The van der Waals surface area contributed by atoms with Crippen LogP contribution >= 0.6 is 0 Å². The average Bonchev–Trinajstić information content (AvgIpc) is 2.52. The molecule has 0 aliphatic rings. The summed E-state index contributed by atoms with van der Waals surface area (Å²) >= 11 is 0. The molecule has 26 heavy (non-hydrogen) atoms. The highest BCUT2D eigenvalue weighted by atomic mass is 16.6. The Labute approximate surface area is 154 Å². The van der Waals surface area contributed by atoms with Crippen molar-refractivity contribution in [2.24, 2.45) is 0 Å². The van der Waals surface area contributed by atoms with Gasteiger partial charge in [-0.1, -0.05) is 37.3 Å². The third-order valence-corrected chi connectivity index (χ3v) is 3.63. The Morgan fingerprint density at radius 2 is 1.77 bits per heavy atom. The quantitative estimate of drug-likeness (QED) is 0.775. The maximum Gasteiger partial charge on any atom is 0.408 e. The number of aliphatic carboxylic acids is 1. The van der Waals surface area contributed by atoms with Gasteiger partial charge in [-0.15, -0.1) is 0 Å². The van der Waals surface area contributed by atoms with Crippen molar-refractivity contribution in [1.82, 2.24) is 10.2 Å². The smallest absolute Gasteiger partial charge is 0.408 e. The van der Waals surface area contributed by atoms with E-state index in [0.29, 0.717) is 0 Å². The van der Waals surface area contributed by atoms with Crippen LogP contribution in [0.1, 0.15) is 46.6 Å².